The van der Waals surface area contributed by atoms with E-state index in [1.54, 1.807) is 7.05 Å². The summed E-state index contributed by atoms with van der Waals surface area (Å²) >= 11 is 0. The molecule has 1 aromatic rings. The summed E-state index contributed by atoms with van der Waals surface area (Å²) in [5.74, 6) is -0.306. The van der Waals surface area contributed by atoms with E-state index in [0.29, 0.717) is 19.6 Å². The van der Waals surface area contributed by atoms with Gasteiger partial charge in [-0.3, -0.25) is 14.2 Å². The molecule has 0 aliphatic carbocycles. The van der Waals surface area contributed by atoms with Crippen LogP contribution < -0.4 is 11.2 Å². The largest absolute Gasteiger partial charge is 0.381 e. The molecule has 6 nitrogen and oxygen atoms in total. The van der Waals surface area contributed by atoms with Gasteiger partial charge in [0, 0.05) is 31.8 Å². The summed E-state index contributed by atoms with van der Waals surface area (Å²) in [6.07, 6.45) is 2.06. The Balaban J connectivity index is 2.24. The molecule has 1 saturated heterocycles. The molecule has 0 amide bonds. The van der Waals surface area contributed by atoms with Crippen molar-refractivity contribution in [1.29, 1.82) is 0 Å². The molecule has 0 spiro atoms. The van der Waals surface area contributed by atoms with Gasteiger partial charge in [-0.25, -0.2) is 4.79 Å². The maximum Gasteiger partial charge on any atom is 0.331 e. The summed E-state index contributed by atoms with van der Waals surface area (Å²) < 4.78 is 7.35. The average Bonchev–Trinajstić information content (AvgIpc) is 2.83. The lowest BCUT2D eigenvalue weighted by Gasteiger charge is -2.08. The molecule has 1 atom stereocenters. The Morgan fingerprint density at radius 3 is 2.94 bits per heavy atom. The highest BCUT2D eigenvalue weighted by Crippen LogP contribution is 2.13. The fraction of sp³-hybridized carbons (Fsp3) is 0.545. The van der Waals surface area contributed by atoms with Crippen LogP contribution in [0.4, 0.5) is 0 Å². The van der Waals surface area contributed by atoms with Crippen LogP contribution in [0, 0.1) is 5.92 Å². The molecule has 2 rings (SSSR count). The number of rotatable bonds is 3. The number of aryl methyl sites for hydroxylation is 1. The summed E-state index contributed by atoms with van der Waals surface area (Å²) in [5, 5.41) is 0. The lowest BCUT2D eigenvalue weighted by molar-refractivity contribution is -0.123. The van der Waals surface area contributed by atoms with E-state index in [9.17, 15) is 14.4 Å². The maximum atomic E-state index is 11.8. The molecule has 1 unspecified atom stereocenters. The van der Waals surface area contributed by atoms with Crippen LogP contribution in [0.15, 0.2) is 21.9 Å². The first-order chi connectivity index (χ1) is 8.09. The number of aromatic nitrogens is 2. The first-order valence-electron chi connectivity index (χ1n) is 5.46. The molecule has 6 heteroatoms. The van der Waals surface area contributed by atoms with Crippen LogP contribution in [0.2, 0.25) is 0 Å². The van der Waals surface area contributed by atoms with Crippen LogP contribution in [-0.2, 0) is 23.1 Å². The number of ketones is 1. The van der Waals surface area contributed by atoms with Crippen LogP contribution in [0.5, 0.6) is 0 Å². The molecular formula is C11H14N2O4. The van der Waals surface area contributed by atoms with E-state index in [1.165, 1.54) is 16.8 Å². The monoisotopic (exact) mass is 238 g/mol. The zero-order valence-corrected chi connectivity index (χ0v) is 9.59. The lowest BCUT2D eigenvalue weighted by Crippen LogP contribution is -2.40. The molecule has 0 saturated carbocycles. The van der Waals surface area contributed by atoms with Crippen molar-refractivity contribution in [2.24, 2.45) is 13.0 Å². The molecule has 1 fully saturated rings. The lowest BCUT2D eigenvalue weighted by atomic mass is 10.0. The van der Waals surface area contributed by atoms with E-state index in [1.807, 2.05) is 0 Å². The second-order valence-electron chi connectivity index (χ2n) is 4.16. The Labute approximate surface area is 97.4 Å². The Morgan fingerprint density at radius 1 is 1.53 bits per heavy atom. The first kappa shape index (κ1) is 11.8. The number of hydrogen-bond acceptors (Lipinski definition) is 4. The van der Waals surface area contributed by atoms with Crippen molar-refractivity contribution in [3.05, 3.63) is 33.1 Å². The van der Waals surface area contributed by atoms with Gasteiger partial charge in [-0.05, 0) is 6.42 Å². The maximum absolute atomic E-state index is 11.8. The predicted molar refractivity (Wildman–Crippen MR) is 59.9 cm³/mol. The van der Waals surface area contributed by atoms with Crippen molar-refractivity contribution in [2.45, 2.75) is 13.0 Å². The van der Waals surface area contributed by atoms with Crippen LogP contribution in [0.1, 0.15) is 6.42 Å². The third-order valence-electron chi connectivity index (χ3n) is 2.94. The average molecular weight is 238 g/mol. The van der Waals surface area contributed by atoms with Crippen LogP contribution >= 0.6 is 0 Å². The molecule has 1 aliphatic heterocycles. The summed E-state index contributed by atoms with van der Waals surface area (Å²) in [6.45, 7) is 0.791. The molecule has 0 radical (unpaired) electrons. The van der Waals surface area contributed by atoms with Gasteiger partial charge in [0.1, 0.15) is 0 Å². The Kier molecular flexibility index (Phi) is 3.23. The standard InChI is InChI=1S/C11H14N2O4/c1-12-4-2-10(15)13(11(12)16)6-9(14)8-3-5-17-7-8/h2,4,8H,3,5-7H2,1H3. The van der Waals surface area contributed by atoms with Crippen LogP contribution in [0.25, 0.3) is 0 Å². The Morgan fingerprint density at radius 2 is 2.29 bits per heavy atom. The molecule has 0 N–H and O–H groups in total. The van der Waals surface area contributed by atoms with Crippen molar-refractivity contribution in [1.82, 2.24) is 9.13 Å². The fourth-order valence-electron chi connectivity index (χ4n) is 1.83. The minimum atomic E-state index is -0.468. The second kappa shape index (κ2) is 4.67. The minimum absolute atomic E-state index is 0.118. The van der Waals surface area contributed by atoms with E-state index < -0.39 is 11.2 Å². The van der Waals surface area contributed by atoms with Gasteiger partial charge in [-0.15, -0.1) is 0 Å². The number of nitrogens with zero attached hydrogens (tertiary/aromatic N) is 2. The molecule has 2 heterocycles. The SMILES string of the molecule is Cn1ccc(=O)n(CC(=O)C2CCOC2)c1=O. The molecular weight excluding hydrogens is 224 g/mol. The number of hydrogen-bond donors (Lipinski definition) is 0. The van der Waals surface area contributed by atoms with E-state index in [2.05, 4.69) is 0 Å². The Bertz CT molecular complexity index is 537. The van der Waals surface area contributed by atoms with Gasteiger partial charge in [0.05, 0.1) is 13.2 Å². The fourth-order valence-corrected chi connectivity index (χ4v) is 1.83. The van der Waals surface area contributed by atoms with E-state index in [0.717, 1.165) is 4.57 Å². The van der Waals surface area contributed by atoms with Crippen molar-refractivity contribution in [3.63, 3.8) is 0 Å². The molecule has 1 aliphatic rings. The number of ether oxygens (including phenoxy) is 1. The van der Waals surface area contributed by atoms with Crippen molar-refractivity contribution in [2.75, 3.05) is 13.2 Å². The predicted octanol–water partition coefficient (Wildman–Crippen LogP) is -0.847. The number of carbonyl (C=O) groups excluding carboxylic acids is 1. The quantitative estimate of drug-likeness (QED) is 0.688. The molecule has 0 aromatic carbocycles. The van der Waals surface area contributed by atoms with Gasteiger partial charge >= 0.3 is 5.69 Å². The summed E-state index contributed by atoms with van der Waals surface area (Å²) in [6, 6.07) is 1.28. The normalized spacial score (nSPS) is 19.5. The minimum Gasteiger partial charge on any atom is -0.381 e. The zero-order valence-electron chi connectivity index (χ0n) is 9.59. The molecule has 92 valence electrons. The van der Waals surface area contributed by atoms with E-state index in [4.69, 9.17) is 4.74 Å². The summed E-state index contributed by atoms with van der Waals surface area (Å²) in [4.78, 5) is 35.0. The van der Waals surface area contributed by atoms with Gasteiger partial charge in [-0.2, -0.15) is 0 Å². The van der Waals surface area contributed by atoms with Crippen molar-refractivity contribution >= 4 is 5.78 Å². The second-order valence-corrected chi connectivity index (χ2v) is 4.16. The molecule has 17 heavy (non-hydrogen) atoms. The summed E-state index contributed by atoms with van der Waals surface area (Å²) in [7, 11) is 1.54. The van der Waals surface area contributed by atoms with E-state index in [-0.39, 0.29) is 18.2 Å². The third-order valence-corrected chi connectivity index (χ3v) is 2.94. The first-order valence-corrected chi connectivity index (χ1v) is 5.46. The topological polar surface area (TPSA) is 70.3 Å². The van der Waals surface area contributed by atoms with Crippen molar-refractivity contribution in [3.8, 4) is 0 Å². The highest BCUT2D eigenvalue weighted by Gasteiger charge is 2.24. The highest BCUT2D eigenvalue weighted by molar-refractivity contribution is 5.81. The van der Waals surface area contributed by atoms with Gasteiger partial charge in [0.2, 0.25) is 0 Å². The number of Topliss-reactive ketones (excluding diaryl/α,β-unsaturated/α-hetero) is 1. The van der Waals surface area contributed by atoms with Gasteiger partial charge in [0.25, 0.3) is 5.56 Å². The summed E-state index contributed by atoms with van der Waals surface area (Å²) in [5.41, 5.74) is -0.912. The Hall–Kier alpha value is -1.69. The zero-order chi connectivity index (χ0) is 12.4. The van der Waals surface area contributed by atoms with Gasteiger partial charge in [-0.1, -0.05) is 0 Å². The van der Waals surface area contributed by atoms with E-state index >= 15 is 0 Å². The van der Waals surface area contributed by atoms with Crippen LogP contribution in [-0.4, -0.2) is 28.1 Å². The molecule has 0 bridgehead atoms. The number of carbonyl (C=O) groups is 1. The van der Waals surface area contributed by atoms with Gasteiger partial charge < -0.3 is 9.30 Å². The third kappa shape index (κ3) is 2.36. The molecule has 1 aromatic heterocycles. The highest BCUT2D eigenvalue weighted by atomic mass is 16.5. The van der Waals surface area contributed by atoms with Crippen molar-refractivity contribution < 1.29 is 9.53 Å². The van der Waals surface area contributed by atoms with Gasteiger partial charge in [0.15, 0.2) is 5.78 Å². The van der Waals surface area contributed by atoms with Crippen LogP contribution in [0.3, 0.4) is 0 Å². The smallest absolute Gasteiger partial charge is 0.331 e.